The molecule has 112 valence electrons. The molecule has 21 heavy (non-hydrogen) atoms. The van der Waals surface area contributed by atoms with Crippen LogP contribution in [0.4, 0.5) is 5.13 Å². The van der Waals surface area contributed by atoms with Gasteiger partial charge in [0.05, 0.1) is 0 Å². The van der Waals surface area contributed by atoms with Gasteiger partial charge in [-0.3, -0.25) is 4.90 Å². The molecule has 0 fully saturated rings. The second-order valence-electron chi connectivity index (χ2n) is 4.99. The maximum absolute atomic E-state index is 6.00. The Morgan fingerprint density at radius 2 is 2.19 bits per heavy atom. The van der Waals surface area contributed by atoms with Crippen molar-refractivity contribution in [3.05, 3.63) is 35.3 Å². The lowest BCUT2D eigenvalue weighted by molar-refractivity contribution is 0.0583. The molecule has 0 radical (unpaired) electrons. The lowest BCUT2D eigenvalue weighted by Crippen LogP contribution is -2.40. The monoisotopic (exact) mass is 305 g/mol. The molecular formula is C15H19N3O2S. The number of anilines is 1. The van der Waals surface area contributed by atoms with Gasteiger partial charge in [0.25, 0.3) is 0 Å². The number of nitrogen functional groups attached to an aromatic ring is 1. The Hall–Kier alpha value is -1.79. The third-order valence-electron chi connectivity index (χ3n) is 3.43. The second kappa shape index (κ2) is 6.32. The molecule has 1 aliphatic rings. The number of hydrogen-bond donors (Lipinski definition) is 1. The summed E-state index contributed by atoms with van der Waals surface area (Å²) in [6.45, 7) is 5.33. The summed E-state index contributed by atoms with van der Waals surface area (Å²) in [5.41, 5.74) is 5.68. The first-order valence-electron chi connectivity index (χ1n) is 7.05. The van der Waals surface area contributed by atoms with Gasteiger partial charge in [0.15, 0.2) is 16.6 Å². The summed E-state index contributed by atoms with van der Waals surface area (Å²) in [6.07, 6.45) is 1.89. The van der Waals surface area contributed by atoms with Crippen LogP contribution < -0.4 is 15.2 Å². The average molecular weight is 305 g/mol. The second-order valence-corrected chi connectivity index (χ2v) is 6.14. The molecule has 1 unspecified atom stereocenters. The summed E-state index contributed by atoms with van der Waals surface area (Å²) < 4.78 is 11.8. The molecule has 2 N–H and O–H groups in total. The molecule has 1 aromatic heterocycles. The van der Waals surface area contributed by atoms with Crippen molar-refractivity contribution < 1.29 is 9.47 Å². The molecule has 1 aromatic carbocycles. The van der Waals surface area contributed by atoms with Crippen molar-refractivity contribution in [3.8, 4) is 11.5 Å². The predicted molar refractivity (Wildman–Crippen MR) is 83.8 cm³/mol. The molecular weight excluding hydrogens is 286 g/mol. The summed E-state index contributed by atoms with van der Waals surface area (Å²) in [5.74, 6) is 1.65. The Kier molecular flexibility index (Phi) is 4.26. The Morgan fingerprint density at radius 1 is 1.38 bits per heavy atom. The van der Waals surface area contributed by atoms with Crippen molar-refractivity contribution >= 4 is 16.5 Å². The quantitative estimate of drug-likeness (QED) is 0.919. The van der Waals surface area contributed by atoms with E-state index in [1.807, 2.05) is 30.5 Å². The smallest absolute Gasteiger partial charge is 0.180 e. The first-order chi connectivity index (χ1) is 10.2. The van der Waals surface area contributed by atoms with Gasteiger partial charge >= 0.3 is 0 Å². The van der Waals surface area contributed by atoms with Crippen LogP contribution in [0.15, 0.2) is 30.5 Å². The van der Waals surface area contributed by atoms with E-state index in [1.165, 1.54) is 16.2 Å². The number of nitrogens with two attached hydrogens (primary N) is 1. The summed E-state index contributed by atoms with van der Waals surface area (Å²) in [4.78, 5) is 7.58. The lowest BCUT2D eigenvalue weighted by atomic mass is 10.2. The van der Waals surface area contributed by atoms with Crippen molar-refractivity contribution in [1.29, 1.82) is 0 Å². The molecule has 0 amide bonds. The molecule has 6 heteroatoms. The molecule has 5 nitrogen and oxygen atoms in total. The number of ether oxygens (including phenoxy) is 2. The van der Waals surface area contributed by atoms with E-state index in [-0.39, 0.29) is 6.10 Å². The van der Waals surface area contributed by atoms with Crippen molar-refractivity contribution in [2.24, 2.45) is 0 Å². The van der Waals surface area contributed by atoms with Gasteiger partial charge in [-0.15, -0.1) is 11.3 Å². The Balaban J connectivity index is 1.60. The molecule has 2 aromatic rings. The number of hydrogen-bond acceptors (Lipinski definition) is 6. The van der Waals surface area contributed by atoms with Crippen LogP contribution in [0.2, 0.25) is 0 Å². The van der Waals surface area contributed by atoms with Crippen LogP contribution in [-0.4, -0.2) is 35.7 Å². The Morgan fingerprint density at radius 3 is 2.90 bits per heavy atom. The third-order valence-corrected chi connectivity index (χ3v) is 4.24. The average Bonchev–Trinajstić information content (AvgIpc) is 2.91. The predicted octanol–water partition coefficient (Wildman–Crippen LogP) is 2.39. The minimum absolute atomic E-state index is 0.0464. The highest BCUT2D eigenvalue weighted by Crippen LogP contribution is 2.31. The molecule has 0 aliphatic carbocycles. The summed E-state index contributed by atoms with van der Waals surface area (Å²) >= 11 is 1.53. The van der Waals surface area contributed by atoms with E-state index in [2.05, 4.69) is 16.8 Å². The zero-order valence-electron chi connectivity index (χ0n) is 12.0. The minimum Gasteiger partial charge on any atom is -0.486 e. The maximum Gasteiger partial charge on any atom is 0.180 e. The van der Waals surface area contributed by atoms with Crippen molar-refractivity contribution in [1.82, 2.24) is 9.88 Å². The number of para-hydroxylation sites is 2. The lowest BCUT2D eigenvalue weighted by Gasteiger charge is -2.30. The van der Waals surface area contributed by atoms with Gasteiger partial charge in [-0.05, 0) is 18.7 Å². The standard InChI is InChI=1S/C15H19N3O2S/c1-2-18(9-12-7-17-15(16)21-12)8-11-10-19-13-5-3-4-6-14(13)20-11/h3-7,11H,2,8-10H2,1H3,(H2,16,17). The summed E-state index contributed by atoms with van der Waals surface area (Å²) in [6, 6.07) is 7.79. The fourth-order valence-electron chi connectivity index (χ4n) is 2.36. The van der Waals surface area contributed by atoms with Gasteiger partial charge < -0.3 is 15.2 Å². The molecule has 3 rings (SSSR count). The topological polar surface area (TPSA) is 60.6 Å². The Labute approximate surface area is 128 Å². The molecule has 0 spiro atoms. The molecule has 1 atom stereocenters. The van der Waals surface area contributed by atoms with E-state index < -0.39 is 0 Å². The van der Waals surface area contributed by atoms with E-state index in [4.69, 9.17) is 15.2 Å². The largest absolute Gasteiger partial charge is 0.486 e. The van der Waals surface area contributed by atoms with E-state index >= 15 is 0 Å². The van der Waals surface area contributed by atoms with E-state index in [0.29, 0.717) is 11.7 Å². The normalized spacial score (nSPS) is 17.1. The maximum atomic E-state index is 6.00. The molecule has 0 saturated carbocycles. The zero-order chi connectivity index (χ0) is 14.7. The summed E-state index contributed by atoms with van der Waals surface area (Å²) in [5, 5.41) is 0.618. The SMILES string of the molecule is CCN(Cc1cnc(N)s1)CC1COc2ccccc2O1. The van der Waals surface area contributed by atoms with Crippen molar-refractivity contribution in [2.45, 2.75) is 19.6 Å². The van der Waals surface area contributed by atoms with Gasteiger partial charge in [0, 0.05) is 24.2 Å². The number of rotatable bonds is 5. The molecule has 0 saturated heterocycles. The molecule has 2 heterocycles. The number of thiazole rings is 1. The number of fused-ring (bicyclic) bond motifs is 1. The van der Waals surface area contributed by atoms with Gasteiger partial charge in [-0.1, -0.05) is 19.1 Å². The highest BCUT2D eigenvalue weighted by molar-refractivity contribution is 7.15. The number of aromatic nitrogens is 1. The highest BCUT2D eigenvalue weighted by atomic mass is 32.1. The van der Waals surface area contributed by atoms with E-state index in [0.717, 1.165) is 31.1 Å². The number of benzene rings is 1. The Bertz CT molecular complexity index is 602. The first kappa shape index (κ1) is 14.2. The zero-order valence-corrected chi connectivity index (χ0v) is 12.8. The van der Waals surface area contributed by atoms with Crippen LogP contribution in [-0.2, 0) is 6.54 Å². The highest BCUT2D eigenvalue weighted by Gasteiger charge is 2.22. The van der Waals surface area contributed by atoms with Crippen LogP contribution in [0, 0.1) is 0 Å². The number of nitrogens with zero attached hydrogens (tertiary/aromatic N) is 2. The molecule has 1 aliphatic heterocycles. The van der Waals surface area contributed by atoms with Gasteiger partial charge in [-0.2, -0.15) is 0 Å². The van der Waals surface area contributed by atoms with Gasteiger partial charge in [0.2, 0.25) is 0 Å². The van der Waals surface area contributed by atoms with Crippen LogP contribution >= 0.6 is 11.3 Å². The minimum atomic E-state index is 0.0464. The van der Waals surface area contributed by atoms with E-state index in [1.54, 1.807) is 0 Å². The van der Waals surface area contributed by atoms with Gasteiger partial charge in [0.1, 0.15) is 12.7 Å². The van der Waals surface area contributed by atoms with Gasteiger partial charge in [-0.25, -0.2) is 4.98 Å². The fraction of sp³-hybridized carbons (Fsp3) is 0.400. The third kappa shape index (κ3) is 3.46. The summed E-state index contributed by atoms with van der Waals surface area (Å²) in [7, 11) is 0. The van der Waals surface area contributed by atoms with Crippen LogP contribution in [0.3, 0.4) is 0 Å². The first-order valence-corrected chi connectivity index (χ1v) is 7.87. The fourth-order valence-corrected chi connectivity index (χ4v) is 3.09. The van der Waals surface area contributed by atoms with Crippen LogP contribution in [0.25, 0.3) is 0 Å². The van der Waals surface area contributed by atoms with E-state index in [9.17, 15) is 0 Å². The van der Waals surface area contributed by atoms with Crippen LogP contribution in [0.1, 0.15) is 11.8 Å². The van der Waals surface area contributed by atoms with Crippen LogP contribution in [0.5, 0.6) is 11.5 Å². The van der Waals surface area contributed by atoms with Crippen molar-refractivity contribution in [3.63, 3.8) is 0 Å². The number of likely N-dealkylation sites (N-methyl/N-ethyl adjacent to an activating group) is 1. The molecule has 0 bridgehead atoms. The van der Waals surface area contributed by atoms with Crippen molar-refractivity contribution in [2.75, 3.05) is 25.4 Å².